The van der Waals surface area contributed by atoms with Gasteiger partial charge in [-0.25, -0.2) is 8.42 Å². The van der Waals surface area contributed by atoms with Gasteiger partial charge in [0, 0.05) is 12.6 Å². The molecule has 0 atom stereocenters. The van der Waals surface area contributed by atoms with Crippen molar-refractivity contribution in [2.45, 2.75) is 18.7 Å². The first kappa shape index (κ1) is 20.1. The summed E-state index contributed by atoms with van der Waals surface area (Å²) in [5.74, 6) is -0.668. The molecule has 0 aromatic heterocycles. The van der Waals surface area contributed by atoms with Gasteiger partial charge >= 0.3 is 0 Å². The average molecular weight is 395 g/mol. The Morgan fingerprint density at radius 2 is 1.73 bits per heavy atom. The number of Topliss-reactive ketones (excluding diaryl/α,β-unsaturated/α-hetero) is 1. The first-order chi connectivity index (χ1) is 12.1. The second-order valence-electron chi connectivity index (χ2n) is 5.87. The van der Waals surface area contributed by atoms with E-state index in [1.165, 1.54) is 38.2 Å². The predicted octanol–water partition coefficient (Wildman–Crippen LogP) is 3.11. The molecule has 26 heavy (non-hydrogen) atoms. The Bertz CT molecular complexity index is 940. The molecule has 0 aliphatic rings. The quantitative estimate of drug-likeness (QED) is 0.763. The van der Waals surface area contributed by atoms with Gasteiger partial charge in [0.05, 0.1) is 22.2 Å². The van der Waals surface area contributed by atoms with Crippen LogP contribution in [0, 0.1) is 6.92 Å². The van der Waals surface area contributed by atoms with Crippen LogP contribution in [-0.4, -0.2) is 38.0 Å². The van der Waals surface area contributed by atoms with E-state index >= 15 is 0 Å². The Morgan fingerprint density at radius 3 is 2.27 bits per heavy atom. The molecule has 1 amide bonds. The van der Waals surface area contributed by atoms with Crippen LogP contribution in [0.5, 0.6) is 0 Å². The first-order valence-corrected chi connectivity index (χ1v) is 9.56. The zero-order valence-electron chi connectivity index (χ0n) is 14.6. The van der Waals surface area contributed by atoms with Crippen molar-refractivity contribution in [2.24, 2.45) is 0 Å². The number of aryl methyl sites for hydroxylation is 1. The number of halogens is 1. The van der Waals surface area contributed by atoms with E-state index in [9.17, 15) is 18.0 Å². The summed E-state index contributed by atoms with van der Waals surface area (Å²) in [5, 5.41) is 2.97. The molecule has 0 aliphatic carbocycles. The molecule has 0 fully saturated rings. The maximum Gasteiger partial charge on any atom is 0.243 e. The van der Waals surface area contributed by atoms with Gasteiger partial charge in [-0.1, -0.05) is 29.8 Å². The summed E-state index contributed by atoms with van der Waals surface area (Å²) in [4.78, 5) is 23.5. The second kappa shape index (κ2) is 7.99. The zero-order chi connectivity index (χ0) is 19.5. The zero-order valence-corrected chi connectivity index (χ0v) is 16.2. The Hall–Kier alpha value is -2.22. The highest BCUT2D eigenvalue weighted by molar-refractivity contribution is 7.89. The predicted molar refractivity (Wildman–Crippen MR) is 101 cm³/mol. The standard InChI is InChI=1S/C18H19ClN2O4S/c1-12-4-9-17(16(19)10-12)20-18(23)11-21(3)26(24,25)15-7-5-14(6-8-15)13(2)22/h4-10H,11H2,1-3H3,(H,20,23). The highest BCUT2D eigenvalue weighted by atomic mass is 35.5. The molecule has 2 rings (SSSR count). The third-order valence-corrected chi connectivity index (χ3v) is 5.86. The number of anilines is 1. The third kappa shape index (κ3) is 4.69. The number of likely N-dealkylation sites (N-methyl/N-ethyl adjacent to an activating group) is 1. The Morgan fingerprint density at radius 1 is 1.12 bits per heavy atom. The van der Waals surface area contributed by atoms with Crippen LogP contribution in [-0.2, 0) is 14.8 Å². The molecule has 0 spiro atoms. The molecule has 0 saturated carbocycles. The summed E-state index contributed by atoms with van der Waals surface area (Å²) in [6.45, 7) is 2.90. The van der Waals surface area contributed by atoms with Crippen molar-refractivity contribution < 1.29 is 18.0 Å². The minimum atomic E-state index is -3.86. The maximum atomic E-state index is 12.5. The lowest BCUT2D eigenvalue weighted by molar-refractivity contribution is -0.116. The molecule has 0 unspecified atom stereocenters. The summed E-state index contributed by atoms with van der Waals surface area (Å²) in [5.41, 5.74) is 1.78. The van der Waals surface area contributed by atoms with E-state index in [0.29, 0.717) is 16.3 Å². The fraction of sp³-hybridized carbons (Fsp3) is 0.222. The summed E-state index contributed by atoms with van der Waals surface area (Å²) in [6.07, 6.45) is 0. The molecule has 1 N–H and O–H groups in total. The Balaban J connectivity index is 2.10. The van der Waals surface area contributed by atoms with E-state index in [1.54, 1.807) is 18.2 Å². The molecule has 0 bridgehead atoms. The number of nitrogens with one attached hydrogen (secondary N) is 1. The smallest absolute Gasteiger partial charge is 0.243 e. The summed E-state index contributed by atoms with van der Waals surface area (Å²) < 4.78 is 26.0. The third-order valence-electron chi connectivity index (χ3n) is 3.73. The lowest BCUT2D eigenvalue weighted by atomic mass is 10.2. The molecule has 6 nitrogen and oxygen atoms in total. The van der Waals surface area contributed by atoms with Crippen LogP contribution in [0.1, 0.15) is 22.8 Å². The highest BCUT2D eigenvalue weighted by Crippen LogP contribution is 2.23. The lowest BCUT2D eigenvalue weighted by Gasteiger charge is -2.17. The van der Waals surface area contributed by atoms with E-state index in [-0.39, 0.29) is 17.2 Å². The molecule has 0 radical (unpaired) electrons. The molecular weight excluding hydrogens is 376 g/mol. The van der Waals surface area contributed by atoms with E-state index in [4.69, 9.17) is 11.6 Å². The summed E-state index contributed by atoms with van der Waals surface area (Å²) in [6, 6.07) is 10.7. The van der Waals surface area contributed by atoms with Crippen LogP contribution in [0.2, 0.25) is 5.02 Å². The van der Waals surface area contributed by atoms with Crippen LogP contribution in [0.4, 0.5) is 5.69 Å². The number of hydrogen-bond donors (Lipinski definition) is 1. The summed E-state index contributed by atoms with van der Waals surface area (Å²) in [7, 11) is -2.55. The fourth-order valence-electron chi connectivity index (χ4n) is 2.24. The topological polar surface area (TPSA) is 83.6 Å². The van der Waals surface area contributed by atoms with Gasteiger partial charge < -0.3 is 5.32 Å². The van der Waals surface area contributed by atoms with Crippen molar-refractivity contribution in [3.63, 3.8) is 0 Å². The van der Waals surface area contributed by atoms with Gasteiger partial charge in [-0.05, 0) is 43.7 Å². The maximum absolute atomic E-state index is 12.5. The number of carbonyl (C=O) groups is 2. The van der Waals surface area contributed by atoms with Crippen LogP contribution < -0.4 is 5.32 Å². The number of amides is 1. The van der Waals surface area contributed by atoms with Crippen molar-refractivity contribution in [3.8, 4) is 0 Å². The molecule has 0 heterocycles. The Kier molecular flexibility index (Phi) is 6.17. The van der Waals surface area contributed by atoms with Gasteiger partial charge in [0.25, 0.3) is 0 Å². The molecule has 138 valence electrons. The number of nitrogens with zero attached hydrogens (tertiary/aromatic N) is 1. The summed E-state index contributed by atoms with van der Waals surface area (Å²) >= 11 is 6.06. The van der Waals surface area contributed by atoms with Gasteiger partial charge in [0.15, 0.2) is 5.78 Å². The van der Waals surface area contributed by atoms with Crippen LogP contribution in [0.15, 0.2) is 47.4 Å². The molecule has 0 aliphatic heterocycles. The van der Waals surface area contributed by atoms with E-state index in [0.717, 1.165) is 9.87 Å². The minimum Gasteiger partial charge on any atom is -0.324 e. The van der Waals surface area contributed by atoms with Crippen molar-refractivity contribution >= 4 is 39.0 Å². The monoisotopic (exact) mass is 394 g/mol. The lowest BCUT2D eigenvalue weighted by Crippen LogP contribution is -2.35. The van der Waals surface area contributed by atoms with E-state index in [1.807, 2.05) is 6.92 Å². The highest BCUT2D eigenvalue weighted by Gasteiger charge is 2.23. The van der Waals surface area contributed by atoms with E-state index in [2.05, 4.69) is 5.32 Å². The first-order valence-electron chi connectivity index (χ1n) is 7.74. The van der Waals surface area contributed by atoms with Gasteiger partial charge in [-0.15, -0.1) is 0 Å². The van der Waals surface area contributed by atoms with Gasteiger partial charge in [0.1, 0.15) is 0 Å². The van der Waals surface area contributed by atoms with Crippen molar-refractivity contribution in [2.75, 3.05) is 18.9 Å². The number of carbonyl (C=O) groups excluding carboxylic acids is 2. The number of rotatable bonds is 6. The normalized spacial score (nSPS) is 11.4. The molecule has 0 saturated heterocycles. The number of sulfonamides is 1. The molecule has 8 heteroatoms. The number of hydrogen-bond acceptors (Lipinski definition) is 4. The average Bonchev–Trinajstić information content (AvgIpc) is 2.57. The number of benzene rings is 2. The van der Waals surface area contributed by atoms with Gasteiger partial charge in [-0.2, -0.15) is 4.31 Å². The molecule has 2 aromatic carbocycles. The van der Waals surface area contributed by atoms with Crippen LogP contribution in [0.3, 0.4) is 0 Å². The Labute approximate surface area is 157 Å². The molecule has 2 aromatic rings. The fourth-order valence-corrected chi connectivity index (χ4v) is 3.65. The van der Waals surface area contributed by atoms with Crippen LogP contribution >= 0.6 is 11.6 Å². The van der Waals surface area contributed by atoms with Crippen LogP contribution in [0.25, 0.3) is 0 Å². The van der Waals surface area contributed by atoms with E-state index < -0.39 is 15.9 Å². The number of ketones is 1. The van der Waals surface area contributed by atoms with Crippen molar-refractivity contribution in [3.05, 3.63) is 58.6 Å². The van der Waals surface area contributed by atoms with Gasteiger partial charge in [-0.3, -0.25) is 9.59 Å². The molecular formula is C18H19ClN2O4S. The van der Waals surface area contributed by atoms with Crippen molar-refractivity contribution in [1.29, 1.82) is 0 Å². The van der Waals surface area contributed by atoms with Crippen molar-refractivity contribution in [1.82, 2.24) is 4.31 Å². The van der Waals surface area contributed by atoms with Gasteiger partial charge in [0.2, 0.25) is 15.9 Å². The SMILES string of the molecule is CC(=O)c1ccc(S(=O)(=O)N(C)CC(=O)Nc2ccc(C)cc2Cl)cc1. The minimum absolute atomic E-state index is 0.00571. The largest absolute Gasteiger partial charge is 0.324 e. The second-order valence-corrected chi connectivity index (χ2v) is 8.33.